The van der Waals surface area contributed by atoms with E-state index in [0.717, 1.165) is 78.4 Å². The van der Waals surface area contributed by atoms with Gasteiger partial charge in [-0.2, -0.15) is 0 Å². The number of hydrogen-bond acceptors (Lipinski definition) is 4. The minimum atomic E-state index is 0.881. The van der Waals surface area contributed by atoms with Crippen molar-refractivity contribution < 1.29 is 0 Å². The molecule has 0 unspecified atom stereocenters. The lowest BCUT2D eigenvalue weighted by Crippen LogP contribution is -2.16. The molecule has 1 aliphatic heterocycles. The lowest BCUT2D eigenvalue weighted by atomic mass is 9.91. The summed E-state index contributed by atoms with van der Waals surface area (Å²) >= 11 is 0. The Labute approximate surface area is 273 Å². The van der Waals surface area contributed by atoms with Crippen LogP contribution in [0.15, 0.2) is 170 Å². The van der Waals surface area contributed by atoms with Crippen molar-refractivity contribution in [2.45, 2.75) is 0 Å². The summed E-state index contributed by atoms with van der Waals surface area (Å²) < 4.78 is 0. The van der Waals surface area contributed by atoms with Gasteiger partial charge in [0, 0.05) is 22.4 Å². The van der Waals surface area contributed by atoms with Crippen LogP contribution >= 0.6 is 0 Å². The van der Waals surface area contributed by atoms with Crippen LogP contribution in [0.1, 0.15) is 0 Å². The Morgan fingerprint density at radius 1 is 0.404 bits per heavy atom. The van der Waals surface area contributed by atoms with Crippen LogP contribution in [0.25, 0.3) is 66.8 Å². The fourth-order valence-corrected chi connectivity index (χ4v) is 6.64. The normalized spacial score (nSPS) is 11.8. The van der Waals surface area contributed by atoms with Crippen LogP contribution in [-0.4, -0.2) is 15.0 Å². The molecule has 3 heterocycles. The SMILES string of the molecule is c1ccc(-c2cc(-c3ccccc3)nc(-c3ccc(N4c5ccccc5-c5cc(-c6ccccc6)cc6ncnc4c56)cc3)c2)cc1. The number of benzene rings is 6. The Hall–Kier alpha value is -6.39. The summed E-state index contributed by atoms with van der Waals surface area (Å²) in [7, 11) is 0. The molecule has 1 aliphatic rings. The number of hydrogen-bond donors (Lipinski definition) is 0. The number of nitrogens with zero attached hydrogens (tertiary/aromatic N) is 4. The molecule has 0 atom stereocenters. The van der Waals surface area contributed by atoms with Crippen LogP contribution in [-0.2, 0) is 0 Å². The molecule has 47 heavy (non-hydrogen) atoms. The van der Waals surface area contributed by atoms with Crippen molar-refractivity contribution in [3.63, 3.8) is 0 Å². The highest BCUT2D eigenvalue weighted by atomic mass is 15.2. The van der Waals surface area contributed by atoms with Crippen LogP contribution in [0.2, 0.25) is 0 Å². The van der Waals surface area contributed by atoms with Gasteiger partial charge in [0.05, 0.1) is 28.0 Å². The van der Waals surface area contributed by atoms with Crippen molar-refractivity contribution in [1.29, 1.82) is 0 Å². The van der Waals surface area contributed by atoms with Gasteiger partial charge in [-0.05, 0) is 70.3 Å². The van der Waals surface area contributed by atoms with Crippen molar-refractivity contribution in [2.75, 3.05) is 4.90 Å². The molecule has 0 aliphatic carbocycles. The molecule has 4 heteroatoms. The van der Waals surface area contributed by atoms with E-state index in [1.165, 1.54) is 5.56 Å². The summed E-state index contributed by atoms with van der Waals surface area (Å²) in [5.74, 6) is 0.881. The molecule has 0 bridgehead atoms. The van der Waals surface area contributed by atoms with Crippen molar-refractivity contribution >= 4 is 28.1 Å². The van der Waals surface area contributed by atoms with Crippen molar-refractivity contribution in [2.24, 2.45) is 0 Å². The molecule has 0 N–H and O–H groups in total. The van der Waals surface area contributed by atoms with Crippen LogP contribution in [0, 0.1) is 0 Å². The van der Waals surface area contributed by atoms with E-state index in [1.54, 1.807) is 6.33 Å². The monoisotopic (exact) mass is 600 g/mol. The van der Waals surface area contributed by atoms with Gasteiger partial charge >= 0.3 is 0 Å². The van der Waals surface area contributed by atoms with Crippen LogP contribution in [0.5, 0.6) is 0 Å². The molecule has 0 saturated heterocycles. The van der Waals surface area contributed by atoms with Gasteiger partial charge in [-0.15, -0.1) is 0 Å². The van der Waals surface area contributed by atoms with E-state index in [9.17, 15) is 0 Å². The third-order valence-electron chi connectivity index (χ3n) is 8.90. The smallest absolute Gasteiger partial charge is 0.149 e. The van der Waals surface area contributed by atoms with E-state index in [4.69, 9.17) is 15.0 Å². The predicted molar refractivity (Wildman–Crippen MR) is 193 cm³/mol. The van der Waals surface area contributed by atoms with E-state index >= 15 is 0 Å². The van der Waals surface area contributed by atoms with Crippen LogP contribution in [0.3, 0.4) is 0 Å². The Bertz CT molecular complexity index is 2330. The first kappa shape index (κ1) is 27.0. The maximum atomic E-state index is 5.14. The second-order valence-corrected chi connectivity index (χ2v) is 11.7. The summed E-state index contributed by atoms with van der Waals surface area (Å²) in [6.07, 6.45) is 1.68. The Morgan fingerprint density at radius 3 is 1.62 bits per heavy atom. The summed E-state index contributed by atoms with van der Waals surface area (Å²) in [6, 6.07) is 57.4. The van der Waals surface area contributed by atoms with E-state index in [2.05, 4.69) is 150 Å². The van der Waals surface area contributed by atoms with Crippen molar-refractivity contribution in [3.05, 3.63) is 170 Å². The molecular weight excluding hydrogens is 573 g/mol. The van der Waals surface area contributed by atoms with Crippen molar-refractivity contribution in [3.8, 4) is 55.9 Å². The van der Waals surface area contributed by atoms with Gasteiger partial charge in [0.25, 0.3) is 0 Å². The van der Waals surface area contributed by atoms with E-state index in [1.807, 2.05) is 18.2 Å². The van der Waals surface area contributed by atoms with E-state index < -0.39 is 0 Å². The molecule has 9 rings (SSSR count). The molecule has 2 aromatic heterocycles. The summed E-state index contributed by atoms with van der Waals surface area (Å²) in [4.78, 5) is 17.0. The maximum absolute atomic E-state index is 5.14. The molecule has 0 saturated carbocycles. The van der Waals surface area contributed by atoms with Crippen molar-refractivity contribution in [1.82, 2.24) is 15.0 Å². The maximum Gasteiger partial charge on any atom is 0.149 e. The number of fused-ring (bicyclic) bond motifs is 2. The fraction of sp³-hybridized carbons (Fsp3) is 0. The summed E-state index contributed by atoms with van der Waals surface area (Å²) in [5.41, 5.74) is 14.0. The molecule has 0 amide bonds. The van der Waals surface area contributed by atoms with Gasteiger partial charge in [0.1, 0.15) is 12.1 Å². The van der Waals surface area contributed by atoms with E-state index in [-0.39, 0.29) is 0 Å². The quantitative estimate of drug-likeness (QED) is 0.197. The summed E-state index contributed by atoms with van der Waals surface area (Å²) in [5, 5.41) is 1.06. The predicted octanol–water partition coefficient (Wildman–Crippen LogP) is 11.1. The largest absolute Gasteiger partial charge is 0.294 e. The highest BCUT2D eigenvalue weighted by Gasteiger charge is 2.28. The highest BCUT2D eigenvalue weighted by molar-refractivity contribution is 6.12. The minimum absolute atomic E-state index is 0.881. The average molecular weight is 601 g/mol. The van der Waals surface area contributed by atoms with Gasteiger partial charge < -0.3 is 0 Å². The zero-order valence-corrected chi connectivity index (χ0v) is 25.5. The summed E-state index contributed by atoms with van der Waals surface area (Å²) in [6.45, 7) is 0. The molecule has 6 aromatic carbocycles. The molecule has 0 fully saturated rings. The Kier molecular flexibility index (Phi) is 6.43. The second-order valence-electron chi connectivity index (χ2n) is 11.7. The Balaban J connectivity index is 1.17. The lowest BCUT2D eigenvalue weighted by Gasteiger charge is -2.32. The molecule has 220 valence electrons. The van der Waals surface area contributed by atoms with Gasteiger partial charge in [-0.1, -0.05) is 121 Å². The van der Waals surface area contributed by atoms with Crippen LogP contribution in [0.4, 0.5) is 17.2 Å². The number of aromatic nitrogens is 3. The number of anilines is 3. The molecule has 8 aromatic rings. The molecule has 4 nitrogen and oxygen atoms in total. The second kappa shape index (κ2) is 11.2. The Morgan fingerprint density at radius 2 is 0.957 bits per heavy atom. The topological polar surface area (TPSA) is 41.9 Å². The first-order valence-corrected chi connectivity index (χ1v) is 15.8. The van der Waals surface area contributed by atoms with Gasteiger partial charge in [-0.25, -0.2) is 15.0 Å². The molecular formula is C43H28N4. The molecule has 0 radical (unpaired) electrons. The zero-order chi connectivity index (χ0) is 31.2. The standard InChI is InChI=1S/C43H28N4/c1-4-12-29(13-5-1)33-24-37-36-18-10-11-19-41(36)47(43-42(37)40(27-33)44-28-45-43)35-22-20-32(21-23-35)39-26-34(30-14-6-2-7-15-30)25-38(46-39)31-16-8-3-9-17-31/h1-28H. The number of pyridine rings is 1. The fourth-order valence-electron chi connectivity index (χ4n) is 6.64. The van der Waals surface area contributed by atoms with Crippen LogP contribution < -0.4 is 4.90 Å². The molecule has 0 spiro atoms. The average Bonchev–Trinajstić information content (AvgIpc) is 3.16. The minimum Gasteiger partial charge on any atom is -0.294 e. The van der Waals surface area contributed by atoms with E-state index in [0.29, 0.717) is 0 Å². The lowest BCUT2D eigenvalue weighted by molar-refractivity contribution is 1.14. The number of rotatable bonds is 5. The highest BCUT2D eigenvalue weighted by Crippen LogP contribution is 2.50. The first-order valence-electron chi connectivity index (χ1n) is 15.8. The van der Waals surface area contributed by atoms with Gasteiger partial charge in [-0.3, -0.25) is 4.90 Å². The zero-order valence-electron chi connectivity index (χ0n) is 25.5. The van der Waals surface area contributed by atoms with Gasteiger partial charge in [0.2, 0.25) is 0 Å². The first-order chi connectivity index (χ1) is 23.3. The third kappa shape index (κ3) is 4.75. The van der Waals surface area contributed by atoms with Gasteiger partial charge in [0.15, 0.2) is 0 Å². The third-order valence-corrected chi connectivity index (χ3v) is 8.90. The number of para-hydroxylation sites is 1.